The Hall–Kier alpha value is -4.24. The van der Waals surface area contributed by atoms with Crippen LogP contribution < -0.4 is 10.6 Å². The van der Waals surface area contributed by atoms with Gasteiger partial charge in [-0.2, -0.15) is 0 Å². The Bertz CT molecular complexity index is 1350. The third kappa shape index (κ3) is 4.40. The summed E-state index contributed by atoms with van der Waals surface area (Å²) < 4.78 is 11.5. The number of carbonyl (C=O) groups is 1. The van der Waals surface area contributed by atoms with Gasteiger partial charge in [-0.1, -0.05) is 65.8 Å². The Labute approximate surface area is 208 Å². The minimum Gasteiger partial charge on any atom is -0.403 e. The molecule has 2 aromatic carbocycles. The van der Waals surface area contributed by atoms with Crippen LogP contribution in [-0.2, 0) is 9.53 Å². The number of ether oxygens (including phenoxy) is 1. The number of hydrogen-bond acceptors (Lipinski definition) is 8. The number of nitrogens with one attached hydrogen (secondary N) is 2. The van der Waals surface area contributed by atoms with Gasteiger partial charge in [-0.05, 0) is 18.9 Å². The van der Waals surface area contributed by atoms with Crippen LogP contribution in [0.1, 0.15) is 29.9 Å². The normalized spacial score (nSPS) is 19.9. The number of fused-ring (bicyclic) bond motifs is 1. The summed E-state index contributed by atoms with van der Waals surface area (Å²) in [4.78, 5) is 20.2. The number of allylic oxidation sites excluding steroid dienone is 4. The highest BCUT2D eigenvalue weighted by Crippen LogP contribution is 2.31. The number of aromatic nitrogens is 2. The van der Waals surface area contributed by atoms with Gasteiger partial charge in [0.1, 0.15) is 0 Å². The van der Waals surface area contributed by atoms with Gasteiger partial charge in [-0.25, -0.2) is 4.99 Å². The molecule has 0 radical (unpaired) electrons. The third-order valence-corrected chi connectivity index (χ3v) is 6.45. The smallest absolute Gasteiger partial charge is 0.317 e. The first kappa shape index (κ1) is 22.2. The molecule has 1 amide bonds. The molecular formula is C27H26N6O3. The zero-order chi connectivity index (χ0) is 24.3. The summed E-state index contributed by atoms with van der Waals surface area (Å²) in [6.45, 7) is 3.09. The van der Waals surface area contributed by atoms with Gasteiger partial charge in [0.15, 0.2) is 0 Å². The first-order chi connectivity index (χ1) is 17.8. The molecular weight excluding hydrogens is 456 g/mol. The summed E-state index contributed by atoms with van der Waals surface area (Å²) in [6, 6.07) is 17.6. The van der Waals surface area contributed by atoms with Crippen LogP contribution >= 0.6 is 0 Å². The van der Waals surface area contributed by atoms with E-state index in [2.05, 4.69) is 31.8 Å². The molecule has 2 aliphatic heterocycles. The van der Waals surface area contributed by atoms with E-state index in [4.69, 9.17) is 14.1 Å². The van der Waals surface area contributed by atoms with E-state index in [1.807, 2.05) is 60.7 Å². The SMILES string of the molecule is O=C1Nc2ccccc2C(c2ccccc2)=NC1Nc1nnc(C2=C(N3CCOCC3)CCC=C2)o1. The molecule has 36 heavy (non-hydrogen) atoms. The number of para-hydroxylation sites is 1. The lowest BCUT2D eigenvalue weighted by atomic mass is 10.0. The molecule has 3 heterocycles. The van der Waals surface area contributed by atoms with Crippen LogP contribution in [-0.4, -0.2) is 59.2 Å². The van der Waals surface area contributed by atoms with Crippen molar-refractivity contribution < 1.29 is 13.9 Å². The fourth-order valence-corrected chi connectivity index (χ4v) is 4.70. The Morgan fingerprint density at radius 3 is 2.67 bits per heavy atom. The summed E-state index contributed by atoms with van der Waals surface area (Å²) in [6.07, 6.45) is 5.07. The van der Waals surface area contributed by atoms with E-state index in [9.17, 15) is 4.79 Å². The summed E-state index contributed by atoms with van der Waals surface area (Å²) >= 11 is 0. The van der Waals surface area contributed by atoms with E-state index in [1.165, 1.54) is 5.70 Å². The van der Waals surface area contributed by atoms with Crippen molar-refractivity contribution in [1.29, 1.82) is 0 Å². The molecule has 1 unspecified atom stereocenters. The number of hydrogen-bond donors (Lipinski definition) is 2. The second kappa shape index (κ2) is 9.79. The molecule has 1 saturated heterocycles. The summed E-state index contributed by atoms with van der Waals surface area (Å²) in [7, 11) is 0. The van der Waals surface area contributed by atoms with E-state index in [0.717, 1.165) is 42.6 Å². The van der Waals surface area contributed by atoms with Crippen LogP contribution in [0.3, 0.4) is 0 Å². The molecule has 3 aromatic rings. The second-order valence-corrected chi connectivity index (χ2v) is 8.74. The first-order valence-corrected chi connectivity index (χ1v) is 12.1. The highest BCUT2D eigenvalue weighted by atomic mass is 16.5. The van der Waals surface area contributed by atoms with E-state index in [0.29, 0.717) is 30.5 Å². The van der Waals surface area contributed by atoms with Gasteiger partial charge in [0, 0.05) is 29.9 Å². The molecule has 0 spiro atoms. The first-order valence-electron chi connectivity index (χ1n) is 12.1. The Morgan fingerprint density at radius 2 is 1.81 bits per heavy atom. The standard InChI is InChI=1S/C27H26N6O3/c34-25-24(29-23(18-8-2-1-3-9-18)19-10-4-6-12-21(19)28-25)30-27-32-31-26(36-27)20-11-5-7-13-22(20)33-14-16-35-17-15-33/h1-6,8-12,24H,7,13-17H2,(H,28,34)(H,30,32). The molecule has 2 N–H and O–H groups in total. The molecule has 1 aromatic heterocycles. The van der Waals surface area contributed by atoms with Crippen LogP contribution in [0, 0.1) is 0 Å². The summed E-state index contributed by atoms with van der Waals surface area (Å²) in [5, 5.41) is 14.5. The van der Waals surface area contributed by atoms with Crippen molar-refractivity contribution in [3.8, 4) is 0 Å². The number of benzodiazepines with no additional fused rings is 1. The van der Waals surface area contributed by atoms with Gasteiger partial charge in [-0.15, -0.1) is 5.10 Å². The molecule has 6 rings (SSSR count). The molecule has 1 fully saturated rings. The van der Waals surface area contributed by atoms with Crippen molar-refractivity contribution in [2.45, 2.75) is 19.0 Å². The van der Waals surface area contributed by atoms with Crippen molar-refractivity contribution in [3.05, 3.63) is 89.5 Å². The molecule has 9 nitrogen and oxygen atoms in total. The minimum absolute atomic E-state index is 0.139. The predicted molar refractivity (Wildman–Crippen MR) is 137 cm³/mol. The fraction of sp³-hybridized carbons (Fsp3) is 0.259. The minimum atomic E-state index is -0.949. The molecule has 1 atom stereocenters. The zero-order valence-electron chi connectivity index (χ0n) is 19.7. The maximum absolute atomic E-state index is 13.1. The number of carbonyl (C=O) groups excluding carboxylic acids is 1. The van der Waals surface area contributed by atoms with Crippen molar-refractivity contribution in [2.24, 2.45) is 4.99 Å². The van der Waals surface area contributed by atoms with Crippen LogP contribution in [0.25, 0.3) is 5.57 Å². The Morgan fingerprint density at radius 1 is 1.00 bits per heavy atom. The van der Waals surface area contributed by atoms with E-state index >= 15 is 0 Å². The predicted octanol–water partition coefficient (Wildman–Crippen LogP) is 3.69. The largest absolute Gasteiger partial charge is 0.403 e. The number of nitrogens with zero attached hydrogens (tertiary/aromatic N) is 4. The molecule has 0 bridgehead atoms. The average molecular weight is 483 g/mol. The van der Waals surface area contributed by atoms with Gasteiger partial charge < -0.3 is 24.7 Å². The number of morpholine rings is 1. The summed E-state index contributed by atoms with van der Waals surface area (Å²) in [5.74, 6) is 0.110. The lowest BCUT2D eigenvalue weighted by molar-refractivity contribution is -0.116. The highest BCUT2D eigenvalue weighted by Gasteiger charge is 2.28. The van der Waals surface area contributed by atoms with Gasteiger partial charge in [0.2, 0.25) is 6.17 Å². The number of rotatable bonds is 5. The molecule has 182 valence electrons. The number of aliphatic imine (C=N–C) groups is 1. The molecule has 0 saturated carbocycles. The molecule has 9 heteroatoms. The van der Waals surface area contributed by atoms with Gasteiger partial charge >= 0.3 is 6.01 Å². The third-order valence-electron chi connectivity index (χ3n) is 6.45. The van der Waals surface area contributed by atoms with Crippen molar-refractivity contribution in [3.63, 3.8) is 0 Å². The summed E-state index contributed by atoms with van der Waals surface area (Å²) in [5.41, 5.74) is 5.26. The van der Waals surface area contributed by atoms with E-state index in [-0.39, 0.29) is 11.9 Å². The molecule has 1 aliphatic carbocycles. The number of amides is 1. The van der Waals surface area contributed by atoms with Crippen LogP contribution in [0.2, 0.25) is 0 Å². The van der Waals surface area contributed by atoms with Gasteiger partial charge in [0.25, 0.3) is 11.8 Å². The maximum atomic E-state index is 13.1. The van der Waals surface area contributed by atoms with Crippen molar-refractivity contribution in [2.75, 3.05) is 36.9 Å². The number of anilines is 2. The van der Waals surface area contributed by atoms with Gasteiger partial charge in [-0.3, -0.25) is 4.79 Å². The topological polar surface area (TPSA) is 105 Å². The fourth-order valence-electron chi connectivity index (χ4n) is 4.70. The van der Waals surface area contributed by atoms with Gasteiger partial charge in [0.05, 0.1) is 30.2 Å². The monoisotopic (exact) mass is 482 g/mol. The average Bonchev–Trinajstić information content (AvgIpc) is 3.35. The lowest BCUT2D eigenvalue weighted by Crippen LogP contribution is -2.36. The van der Waals surface area contributed by atoms with E-state index < -0.39 is 6.17 Å². The van der Waals surface area contributed by atoms with E-state index in [1.54, 1.807) is 0 Å². The van der Waals surface area contributed by atoms with Crippen LogP contribution in [0.4, 0.5) is 11.7 Å². The highest BCUT2D eigenvalue weighted by molar-refractivity contribution is 6.19. The van der Waals surface area contributed by atoms with Crippen LogP contribution in [0.15, 0.2) is 81.9 Å². The Balaban J connectivity index is 1.31. The number of benzene rings is 2. The van der Waals surface area contributed by atoms with Crippen LogP contribution in [0.5, 0.6) is 0 Å². The molecule has 3 aliphatic rings. The lowest BCUT2D eigenvalue weighted by Gasteiger charge is -2.33. The van der Waals surface area contributed by atoms with Crippen molar-refractivity contribution >= 4 is 28.9 Å². The second-order valence-electron chi connectivity index (χ2n) is 8.74. The maximum Gasteiger partial charge on any atom is 0.317 e. The Kier molecular flexibility index (Phi) is 6.05. The zero-order valence-corrected chi connectivity index (χ0v) is 19.7. The van der Waals surface area contributed by atoms with Crippen molar-refractivity contribution in [1.82, 2.24) is 15.1 Å². The quantitative estimate of drug-likeness (QED) is 0.571.